The van der Waals surface area contributed by atoms with Gasteiger partial charge in [-0.3, -0.25) is 0 Å². The Balaban J connectivity index is 1.99. The molecule has 1 unspecified atom stereocenters. The van der Waals surface area contributed by atoms with Crippen LogP contribution in [0.1, 0.15) is 10.4 Å². The van der Waals surface area contributed by atoms with Crippen LogP contribution in [0.15, 0.2) is 36.4 Å². The van der Waals surface area contributed by atoms with Gasteiger partial charge >= 0.3 is 5.97 Å². The maximum Gasteiger partial charge on any atom is 0.338 e. The Bertz CT molecular complexity index is 761. The Morgan fingerprint density at radius 1 is 1.21 bits per heavy atom. The third-order valence-corrected chi connectivity index (χ3v) is 3.50. The van der Waals surface area contributed by atoms with Crippen molar-refractivity contribution in [2.75, 3.05) is 25.6 Å². The van der Waals surface area contributed by atoms with E-state index in [1.807, 2.05) is 12.1 Å². The van der Waals surface area contributed by atoms with Crippen molar-refractivity contribution in [2.45, 2.75) is 6.10 Å². The van der Waals surface area contributed by atoms with E-state index in [9.17, 15) is 9.90 Å². The normalized spacial score (nSPS) is 13.0. The van der Waals surface area contributed by atoms with Crippen LogP contribution in [-0.4, -0.2) is 42.5 Å². The first kappa shape index (κ1) is 16.1. The zero-order chi connectivity index (χ0) is 17.1. The van der Waals surface area contributed by atoms with Gasteiger partial charge in [0, 0.05) is 6.54 Å². The molecule has 0 aliphatic carbocycles. The van der Waals surface area contributed by atoms with Crippen LogP contribution in [0.2, 0.25) is 0 Å². The third-order valence-electron chi connectivity index (χ3n) is 3.50. The predicted molar refractivity (Wildman–Crippen MR) is 86.0 cm³/mol. The zero-order valence-electron chi connectivity index (χ0n) is 13.0. The van der Waals surface area contributed by atoms with Gasteiger partial charge in [-0.15, -0.1) is 0 Å². The number of carbonyl (C=O) groups excluding carboxylic acids is 1. The van der Waals surface area contributed by atoms with Gasteiger partial charge in [0.1, 0.15) is 0 Å². The largest absolute Gasteiger partial charge is 0.465 e. The van der Waals surface area contributed by atoms with Crippen molar-refractivity contribution >= 4 is 11.7 Å². The van der Waals surface area contributed by atoms with Gasteiger partial charge in [-0.05, 0) is 24.3 Å². The summed E-state index contributed by atoms with van der Waals surface area (Å²) < 4.78 is 16.4. The molecule has 1 atom stereocenters. The summed E-state index contributed by atoms with van der Waals surface area (Å²) in [4.78, 5) is 11.9. The second-order valence-electron chi connectivity index (χ2n) is 5.21. The van der Waals surface area contributed by atoms with Crippen LogP contribution in [0, 0.1) is 0 Å². The molecule has 0 aromatic heterocycles. The second kappa shape index (κ2) is 6.77. The number of para-hydroxylation sites is 2. The summed E-state index contributed by atoms with van der Waals surface area (Å²) >= 11 is 0. The van der Waals surface area contributed by atoms with Crippen LogP contribution < -0.4 is 14.8 Å². The summed E-state index contributed by atoms with van der Waals surface area (Å²) in [5.74, 6) is 1.31. The van der Waals surface area contributed by atoms with Gasteiger partial charge in [-0.1, -0.05) is 12.1 Å². The number of anilines is 1. The number of methoxy groups -OCH3 is 1. The van der Waals surface area contributed by atoms with Crippen molar-refractivity contribution in [3.63, 3.8) is 0 Å². The monoisotopic (exact) mass is 331 g/mol. The van der Waals surface area contributed by atoms with Crippen LogP contribution in [0.4, 0.5) is 5.69 Å². The summed E-state index contributed by atoms with van der Waals surface area (Å²) in [6.07, 6.45) is -0.945. The highest BCUT2D eigenvalue weighted by Crippen LogP contribution is 2.49. The van der Waals surface area contributed by atoms with E-state index in [0.29, 0.717) is 28.7 Å². The van der Waals surface area contributed by atoms with E-state index >= 15 is 0 Å². The molecule has 2 aromatic rings. The average molecular weight is 331 g/mol. The number of nitrogens with one attached hydrogen (secondary N) is 1. The van der Waals surface area contributed by atoms with E-state index in [0.717, 1.165) is 0 Å². The highest BCUT2D eigenvalue weighted by Gasteiger charge is 2.24. The van der Waals surface area contributed by atoms with E-state index in [2.05, 4.69) is 5.32 Å². The molecule has 0 fully saturated rings. The van der Waals surface area contributed by atoms with Crippen molar-refractivity contribution in [3.05, 3.63) is 42.0 Å². The molecule has 0 saturated carbocycles. The molecule has 0 amide bonds. The van der Waals surface area contributed by atoms with Crippen molar-refractivity contribution in [3.8, 4) is 23.0 Å². The first-order valence-corrected chi connectivity index (χ1v) is 7.36. The number of fused-ring (bicyclic) bond motifs is 2. The maximum absolute atomic E-state index is 11.9. The SMILES string of the molecule is COC(=O)c1cc(NCC(O)CO)c2c(c1)Oc1ccccc1O2. The van der Waals surface area contributed by atoms with Crippen LogP contribution >= 0.6 is 0 Å². The molecule has 7 nitrogen and oxygen atoms in total. The summed E-state index contributed by atoms with van der Waals surface area (Å²) in [6.45, 7) is -0.301. The van der Waals surface area contributed by atoms with Crippen molar-refractivity contribution in [1.82, 2.24) is 0 Å². The van der Waals surface area contributed by atoms with Crippen LogP contribution in [0.5, 0.6) is 23.0 Å². The third kappa shape index (κ3) is 3.12. The molecule has 1 aliphatic rings. The number of hydrogen-bond donors (Lipinski definition) is 3. The van der Waals surface area contributed by atoms with Gasteiger partial charge < -0.3 is 29.7 Å². The molecule has 0 bridgehead atoms. The lowest BCUT2D eigenvalue weighted by Gasteiger charge is -2.24. The molecular weight excluding hydrogens is 314 g/mol. The molecule has 7 heteroatoms. The Morgan fingerprint density at radius 3 is 2.58 bits per heavy atom. The molecule has 0 spiro atoms. The lowest BCUT2D eigenvalue weighted by atomic mass is 10.1. The number of aliphatic hydroxyl groups excluding tert-OH is 2. The highest BCUT2D eigenvalue weighted by molar-refractivity contribution is 5.92. The molecule has 0 saturated heterocycles. The lowest BCUT2D eigenvalue weighted by Crippen LogP contribution is -2.23. The summed E-state index contributed by atoms with van der Waals surface area (Å²) in [6, 6.07) is 10.2. The zero-order valence-corrected chi connectivity index (χ0v) is 13.0. The Morgan fingerprint density at radius 2 is 1.92 bits per heavy atom. The predicted octanol–water partition coefficient (Wildman–Crippen LogP) is 2.14. The van der Waals surface area contributed by atoms with Crippen LogP contribution in [-0.2, 0) is 4.74 Å². The summed E-state index contributed by atoms with van der Waals surface area (Å²) in [7, 11) is 1.29. The standard InChI is InChI=1S/C17H17NO6/c1-22-17(21)10-6-12(18-8-11(20)9-19)16-15(7-10)23-13-4-2-3-5-14(13)24-16/h2-7,11,18-20H,8-9H2,1H3. The van der Waals surface area contributed by atoms with Gasteiger partial charge in [0.05, 0.1) is 31.1 Å². The van der Waals surface area contributed by atoms with Crippen LogP contribution in [0.25, 0.3) is 0 Å². The fourth-order valence-corrected chi connectivity index (χ4v) is 2.29. The van der Waals surface area contributed by atoms with Gasteiger partial charge in [-0.2, -0.15) is 0 Å². The Kier molecular flexibility index (Phi) is 4.54. The minimum Gasteiger partial charge on any atom is -0.465 e. The number of benzene rings is 2. The van der Waals surface area contributed by atoms with Gasteiger partial charge in [0.25, 0.3) is 0 Å². The Labute approximate surface area is 138 Å². The average Bonchev–Trinajstić information content (AvgIpc) is 2.63. The van der Waals surface area contributed by atoms with Crippen LogP contribution in [0.3, 0.4) is 0 Å². The number of hydrogen-bond acceptors (Lipinski definition) is 7. The minimum atomic E-state index is -0.945. The fraction of sp³-hybridized carbons (Fsp3) is 0.235. The van der Waals surface area contributed by atoms with E-state index in [1.54, 1.807) is 18.2 Å². The van der Waals surface area contributed by atoms with Crippen molar-refractivity contribution in [2.24, 2.45) is 0 Å². The molecule has 24 heavy (non-hydrogen) atoms. The quantitative estimate of drug-likeness (QED) is 0.616. The van der Waals surface area contributed by atoms with Gasteiger partial charge in [0.2, 0.25) is 0 Å². The maximum atomic E-state index is 11.9. The second-order valence-corrected chi connectivity index (χ2v) is 5.21. The van der Waals surface area contributed by atoms with Gasteiger partial charge in [0.15, 0.2) is 23.0 Å². The van der Waals surface area contributed by atoms with E-state index < -0.39 is 12.1 Å². The number of esters is 1. The Hall–Kier alpha value is -2.77. The molecule has 1 aliphatic heterocycles. The summed E-state index contributed by atoms with van der Waals surface area (Å²) in [5.41, 5.74) is 0.732. The van der Waals surface area contributed by atoms with E-state index in [4.69, 9.17) is 19.3 Å². The minimum absolute atomic E-state index is 0.0819. The van der Waals surface area contributed by atoms with Gasteiger partial charge in [-0.25, -0.2) is 4.79 Å². The molecule has 3 rings (SSSR count). The lowest BCUT2D eigenvalue weighted by molar-refractivity contribution is 0.0600. The number of rotatable bonds is 5. The number of carbonyl (C=O) groups is 1. The topological polar surface area (TPSA) is 97.3 Å². The van der Waals surface area contributed by atoms with E-state index in [1.165, 1.54) is 13.2 Å². The first-order valence-electron chi connectivity index (χ1n) is 7.36. The summed E-state index contributed by atoms with van der Waals surface area (Å²) in [5, 5.41) is 21.4. The number of aliphatic hydroxyl groups is 2. The molecule has 126 valence electrons. The van der Waals surface area contributed by atoms with Crippen molar-refractivity contribution < 1.29 is 29.2 Å². The molecule has 3 N–H and O–H groups in total. The molecule has 0 radical (unpaired) electrons. The van der Waals surface area contributed by atoms with E-state index in [-0.39, 0.29) is 18.7 Å². The first-order chi connectivity index (χ1) is 11.6. The fourth-order valence-electron chi connectivity index (χ4n) is 2.29. The smallest absolute Gasteiger partial charge is 0.338 e. The highest BCUT2D eigenvalue weighted by atomic mass is 16.6. The number of ether oxygens (including phenoxy) is 3. The molecular formula is C17H17NO6. The van der Waals surface area contributed by atoms with Crippen molar-refractivity contribution in [1.29, 1.82) is 0 Å². The molecule has 1 heterocycles. The molecule has 2 aromatic carbocycles.